The molecule has 0 aromatic carbocycles. The van der Waals surface area contributed by atoms with E-state index in [1.165, 1.54) is 11.3 Å². The molecule has 1 aliphatic rings. The van der Waals surface area contributed by atoms with Crippen LogP contribution in [0.4, 0.5) is 0 Å². The molecule has 1 fully saturated rings. The second-order valence-corrected chi connectivity index (χ2v) is 6.52. The van der Waals surface area contributed by atoms with Crippen molar-refractivity contribution in [1.29, 1.82) is 0 Å². The normalized spacial score (nSPS) is 22.0. The topological polar surface area (TPSA) is 91.2 Å². The summed E-state index contributed by atoms with van der Waals surface area (Å²) in [6.45, 7) is 1.74. The Kier molecular flexibility index (Phi) is 4.94. The number of aliphatic hydroxyl groups is 1. The lowest BCUT2D eigenvalue weighted by Gasteiger charge is -2.32. The Hall–Kier alpha value is -1.90. The van der Waals surface area contributed by atoms with Gasteiger partial charge in [0.15, 0.2) is 10.8 Å². The fourth-order valence-corrected chi connectivity index (χ4v) is 3.33. The van der Waals surface area contributed by atoms with E-state index >= 15 is 0 Å². The van der Waals surface area contributed by atoms with Crippen molar-refractivity contribution in [2.75, 3.05) is 20.1 Å². The SMILES string of the molecule is CN1CC[C@H](O)[C@H](C(=O)NCc2csc(-c3ncccn3)n2)C1. The third kappa shape index (κ3) is 3.90. The maximum absolute atomic E-state index is 12.3. The van der Waals surface area contributed by atoms with Gasteiger partial charge in [0.05, 0.1) is 24.3 Å². The number of rotatable bonds is 4. The molecule has 0 radical (unpaired) electrons. The molecule has 0 bridgehead atoms. The number of carbonyl (C=O) groups excluding carboxylic acids is 1. The molecule has 8 heteroatoms. The molecule has 1 aliphatic heterocycles. The van der Waals surface area contributed by atoms with Crippen molar-refractivity contribution in [1.82, 2.24) is 25.2 Å². The Morgan fingerprint density at radius 1 is 1.48 bits per heavy atom. The highest BCUT2D eigenvalue weighted by Gasteiger charge is 2.31. The van der Waals surface area contributed by atoms with Gasteiger partial charge in [-0.2, -0.15) is 0 Å². The molecule has 2 atom stereocenters. The Morgan fingerprint density at radius 2 is 2.26 bits per heavy atom. The van der Waals surface area contributed by atoms with Crippen molar-refractivity contribution >= 4 is 17.2 Å². The molecule has 1 saturated heterocycles. The minimum Gasteiger partial charge on any atom is -0.392 e. The molecule has 0 saturated carbocycles. The van der Waals surface area contributed by atoms with Gasteiger partial charge in [0.25, 0.3) is 0 Å². The molecule has 23 heavy (non-hydrogen) atoms. The van der Waals surface area contributed by atoms with Crippen LogP contribution in [0, 0.1) is 5.92 Å². The first-order chi connectivity index (χ1) is 11.1. The third-order valence-electron chi connectivity index (χ3n) is 3.87. The van der Waals surface area contributed by atoms with Crippen LogP contribution in [0.2, 0.25) is 0 Å². The molecule has 0 aliphatic carbocycles. The van der Waals surface area contributed by atoms with E-state index in [0.29, 0.717) is 25.3 Å². The number of nitrogens with one attached hydrogen (secondary N) is 1. The summed E-state index contributed by atoms with van der Waals surface area (Å²) < 4.78 is 0. The Morgan fingerprint density at radius 3 is 3.04 bits per heavy atom. The molecule has 0 spiro atoms. The average molecular weight is 333 g/mol. The zero-order valence-corrected chi connectivity index (χ0v) is 13.7. The maximum atomic E-state index is 12.3. The molecule has 2 aromatic rings. The van der Waals surface area contributed by atoms with Crippen LogP contribution in [-0.4, -0.2) is 57.1 Å². The molecule has 2 aromatic heterocycles. The van der Waals surface area contributed by atoms with Crippen molar-refractivity contribution in [3.63, 3.8) is 0 Å². The molecule has 7 nitrogen and oxygen atoms in total. The van der Waals surface area contributed by atoms with Crippen molar-refractivity contribution in [2.24, 2.45) is 5.92 Å². The lowest BCUT2D eigenvalue weighted by Crippen LogP contribution is -2.48. The third-order valence-corrected chi connectivity index (χ3v) is 4.76. The van der Waals surface area contributed by atoms with Gasteiger partial charge >= 0.3 is 0 Å². The van der Waals surface area contributed by atoms with E-state index in [2.05, 4.69) is 25.2 Å². The molecule has 122 valence electrons. The number of carbonyl (C=O) groups is 1. The van der Waals surface area contributed by atoms with E-state index in [1.807, 2.05) is 12.4 Å². The van der Waals surface area contributed by atoms with E-state index in [4.69, 9.17) is 0 Å². The van der Waals surface area contributed by atoms with Gasteiger partial charge < -0.3 is 15.3 Å². The van der Waals surface area contributed by atoms with Crippen LogP contribution < -0.4 is 5.32 Å². The van der Waals surface area contributed by atoms with Gasteiger partial charge in [0, 0.05) is 30.9 Å². The first-order valence-electron chi connectivity index (χ1n) is 7.49. The van der Waals surface area contributed by atoms with Crippen molar-refractivity contribution < 1.29 is 9.90 Å². The quantitative estimate of drug-likeness (QED) is 0.848. The number of likely N-dealkylation sites (tertiary alicyclic amines) is 1. The van der Waals surface area contributed by atoms with Gasteiger partial charge in [0.1, 0.15) is 0 Å². The molecule has 0 unspecified atom stereocenters. The number of aromatic nitrogens is 3. The van der Waals surface area contributed by atoms with Gasteiger partial charge in [0.2, 0.25) is 5.91 Å². The maximum Gasteiger partial charge on any atom is 0.227 e. The highest BCUT2D eigenvalue weighted by molar-refractivity contribution is 7.13. The fraction of sp³-hybridized carbons (Fsp3) is 0.467. The van der Waals surface area contributed by atoms with Crippen LogP contribution in [0.5, 0.6) is 0 Å². The van der Waals surface area contributed by atoms with Gasteiger partial charge in [-0.05, 0) is 19.5 Å². The summed E-state index contributed by atoms with van der Waals surface area (Å²) in [5, 5.41) is 15.5. The highest BCUT2D eigenvalue weighted by atomic mass is 32.1. The zero-order valence-electron chi connectivity index (χ0n) is 12.8. The number of aliphatic hydroxyl groups excluding tert-OH is 1. The second-order valence-electron chi connectivity index (χ2n) is 5.66. The first kappa shape index (κ1) is 16.0. The van der Waals surface area contributed by atoms with Crippen LogP contribution in [0.3, 0.4) is 0 Å². The van der Waals surface area contributed by atoms with Crippen molar-refractivity contribution in [2.45, 2.75) is 19.1 Å². The number of hydrogen-bond acceptors (Lipinski definition) is 7. The highest BCUT2D eigenvalue weighted by Crippen LogP contribution is 2.20. The molecular formula is C15H19N5O2S. The lowest BCUT2D eigenvalue weighted by atomic mass is 9.94. The smallest absolute Gasteiger partial charge is 0.227 e. The van der Waals surface area contributed by atoms with Gasteiger partial charge in [-0.15, -0.1) is 11.3 Å². The Bertz CT molecular complexity index is 663. The van der Waals surface area contributed by atoms with Gasteiger partial charge in [-0.1, -0.05) is 0 Å². The van der Waals surface area contributed by atoms with Gasteiger partial charge in [-0.25, -0.2) is 15.0 Å². The first-order valence-corrected chi connectivity index (χ1v) is 8.37. The largest absolute Gasteiger partial charge is 0.392 e. The van der Waals surface area contributed by atoms with Crippen LogP contribution in [0.25, 0.3) is 10.8 Å². The predicted octanol–water partition coefficient (Wildman–Crippen LogP) is 0.529. The van der Waals surface area contributed by atoms with Gasteiger partial charge in [-0.3, -0.25) is 4.79 Å². The number of piperidine rings is 1. The van der Waals surface area contributed by atoms with Crippen LogP contribution in [0.1, 0.15) is 12.1 Å². The van der Waals surface area contributed by atoms with Crippen molar-refractivity contribution in [3.8, 4) is 10.8 Å². The minimum atomic E-state index is -0.574. The molecule has 3 heterocycles. The number of thiazole rings is 1. The summed E-state index contributed by atoms with van der Waals surface area (Å²) in [5.74, 6) is 0.0678. The Labute approximate surface area is 138 Å². The molecular weight excluding hydrogens is 314 g/mol. The predicted molar refractivity (Wildman–Crippen MR) is 86.6 cm³/mol. The minimum absolute atomic E-state index is 0.130. The summed E-state index contributed by atoms with van der Waals surface area (Å²) in [7, 11) is 1.96. The second kappa shape index (κ2) is 7.12. The number of nitrogens with zero attached hydrogens (tertiary/aromatic N) is 4. The van der Waals surface area contributed by atoms with Crippen molar-refractivity contribution in [3.05, 3.63) is 29.5 Å². The fourth-order valence-electron chi connectivity index (χ4n) is 2.57. The van der Waals surface area contributed by atoms with E-state index in [0.717, 1.165) is 17.2 Å². The van der Waals surface area contributed by atoms with Crippen LogP contribution in [0.15, 0.2) is 23.8 Å². The van der Waals surface area contributed by atoms with Crippen LogP contribution in [-0.2, 0) is 11.3 Å². The van der Waals surface area contributed by atoms with Crippen LogP contribution >= 0.6 is 11.3 Å². The monoisotopic (exact) mass is 333 g/mol. The standard InChI is InChI=1S/C15H19N5O2S/c1-20-6-3-12(21)11(8-20)14(22)18-7-10-9-23-15(19-10)13-16-4-2-5-17-13/h2,4-5,9,11-12,21H,3,6-8H2,1H3,(H,18,22)/t11-,12+/m1/s1. The molecule has 2 N–H and O–H groups in total. The molecule has 1 amide bonds. The Balaban J connectivity index is 1.58. The zero-order chi connectivity index (χ0) is 16.2. The summed E-state index contributed by atoms with van der Waals surface area (Å²) in [4.78, 5) is 27.1. The summed E-state index contributed by atoms with van der Waals surface area (Å²) >= 11 is 1.45. The lowest BCUT2D eigenvalue weighted by molar-refractivity contribution is -0.131. The van der Waals surface area contributed by atoms with E-state index < -0.39 is 6.10 Å². The molecule has 3 rings (SSSR count). The summed E-state index contributed by atoms with van der Waals surface area (Å²) in [6, 6.07) is 1.75. The summed E-state index contributed by atoms with van der Waals surface area (Å²) in [5.41, 5.74) is 0.768. The number of hydrogen-bond donors (Lipinski definition) is 2. The van der Waals surface area contributed by atoms with E-state index in [1.54, 1.807) is 18.5 Å². The summed E-state index contributed by atoms with van der Waals surface area (Å²) in [6.07, 6.45) is 3.40. The van der Waals surface area contributed by atoms with E-state index in [9.17, 15) is 9.90 Å². The van der Waals surface area contributed by atoms with E-state index in [-0.39, 0.29) is 11.8 Å². The average Bonchev–Trinajstić information content (AvgIpc) is 3.05. The number of amides is 1.